The summed E-state index contributed by atoms with van der Waals surface area (Å²) in [5.74, 6) is -0.127. The number of thiophene rings is 1. The Morgan fingerprint density at radius 1 is 1.45 bits per heavy atom. The Hall–Kier alpha value is -1.14. The van der Waals surface area contributed by atoms with Gasteiger partial charge in [-0.05, 0) is 23.8 Å². The van der Waals surface area contributed by atoms with Crippen molar-refractivity contribution in [3.05, 3.63) is 50.9 Å². The van der Waals surface area contributed by atoms with Gasteiger partial charge < -0.3 is 15.6 Å². The maximum atomic E-state index is 13.1. The van der Waals surface area contributed by atoms with Crippen molar-refractivity contribution in [1.29, 1.82) is 0 Å². The van der Waals surface area contributed by atoms with Gasteiger partial charge in [0.05, 0.1) is 13.2 Å². The van der Waals surface area contributed by atoms with Crippen molar-refractivity contribution >= 4 is 22.9 Å². The predicted octanol–water partition coefficient (Wildman–Crippen LogP) is 3.33. The molecular weight excluding hydrogens is 301 g/mol. The first-order valence-electron chi connectivity index (χ1n) is 6.02. The first-order chi connectivity index (χ1) is 9.56. The Morgan fingerprint density at radius 2 is 2.20 bits per heavy atom. The zero-order chi connectivity index (χ0) is 14.7. The molecule has 6 heteroatoms. The third-order valence-electron chi connectivity index (χ3n) is 3.12. The van der Waals surface area contributed by atoms with E-state index in [0.717, 1.165) is 4.88 Å². The standard InChI is InChI=1S/C14H15ClFNO2S/c1-19-9-5-13(20-7-9)14(18)11(6-17)10-3-2-8(16)4-12(10)15/h2-5,7,11,14,18H,6,17H2,1H3. The van der Waals surface area contributed by atoms with E-state index in [9.17, 15) is 9.50 Å². The van der Waals surface area contributed by atoms with Crippen LogP contribution >= 0.6 is 22.9 Å². The minimum atomic E-state index is -0.808. The monoisotopic (exact) mass is 315 g/mol. The Kier molecular flexibility index (Phi) is 4.99. The molecule has 2 rings (SSSR count). The van der Waals surface area contributed by atoms with Crippen molar-refractivity contribution in [1.82, 2.24) is 0 Å². The van der Waals surface area contributed by atoms with E-state index < -0.39 is 17.8 Å². The van der Waals surface area contributed by atoms with Gasteiger partial charge in [-0.15, -0.1) is 11.3 Å². The molecular formula is C14H15ClFNO2S. The molecule has 1 aromatic heterocycles. The maximum absolute atomic E-state index is 13.1. The average Bonchev–Trinajstić information content (AvgIpc) is 2.90. The summed E-state index contributed by atoms with van der Waals surface area (Å²) in [5, 5.41) is 12.5. The highest BCUT2D eigenvalue weighted by atomic mass is 35.5. The number of ether oxygens (including phenoxy) is 1. The predicted molar refractivity (Wildman–Crippen MR) is 79.0 cm³/mol. The minimum absolute atomic E-state index is 0.201. The quantitative estimate of drug-likeness (QED) is 0.890. The van der Waals surface area contributed by atoms with Gasteiger partial charge in [0.15, 0.2) is 0 Å². The topological polar surface area (TPSA) is 55.5 Å². The highest BCUT2D eigenvalue weighted by Crippen LogP contribution is 2.38. The van der Waals surface area contributed by atoms with Gasteiger partial charge in [0, 0.05) is 27.7 Å². The molecule has 2 atom stereocenters. The second kappa shape index (κ2) is 6.54. The lowest BCUT2D eigenvalue weighted by atomic mass is 9.92. The molecule has 0 saturated heterocycles. The number of aliphatic hydroxyl groups is 1. The molecule has 0 radical (unpaired) electrons. The van der Waals surface area contributed by atoms with E-state index in [4.69, 9.17) is 22.1 Å². The Balaban J connectivity index is 2.31. The fourth-order valence-corrected chi connectivity index (χ4v) is 3.23. The van der Waals surface area contributed by atoms with Crippen LogP contribution in [0.4, 0.5) is 4.39 Å². The zero-order valence-corrected chi connectivity index (χ0v) is 12.4. The van der Waals surface area contributed by atoms with E-state index in [1.54, 1.807) is 24.6 Å². The lowest BCUT2D eigenvalue weighted by Crippen LogP contribution is -2.20. The van der Waals surface area contributed by atoms with Crippen LogP contribution < -0.4 is 10.5 Å². The van der Waals surface area contributed by atoms with Crippen LogP contribution in [0.2, 0.25) is 5.02 Å². The van der Waals surface area contributed by atoms with E-state index in [0.29, 0.717) is 11.3 Å². The molecule has 0 saturated carbocycles. The number of halogens is 2. The Labute approximate surface area is 125 Å². The molecule has 2 aromatic rings. The normalized spacial score (nSPS) is 14.1. The van der Waals surface area contributed by atoms with Crippen LogP contribution in [0.3, 0.4) is 0 Å². The Morgan fingerprint density at radius 3 is 2.75 bits per heavy atom. The third kappa shape index (κ3) is 3.12. The number of benzene rings is 1. The summed E-state index contributed by atoms with van der Waals surface area (Å²) in [5.41, 5.74) is 6.38. The van der Waals surface area contributed by atoms with Crippen molar-refractivity contribution in [2.24, 2.45) is 5.73 Å². The summed E-state index contributed by atoms with van der Waals surface area (Å²) in [4.78, 5) is 0.734. The van der Waals surface area contributed by atoms with E-state index >= 15 is 0 Å². The molecule has 3 nitrogen and oxygen atoms in total. The maximum Gasteiger partial charge on any atom is 0.129 e. The molecule has 2 unspecified atom stereocenters. The molecule has 0 amide bonds. The summed E-state index contributed by atoms with van der Waals surface area (Å²) >= 11 is 7.42. The van der Waals surface area contributed by atoms with E-state index in [-0.39, 0.29) is 11.6 Å². The molecule has 0 aliphatic heterocycles. The van der Waals surface area contributed by atoms with Gasteiger partial charge in [-0.3, -0.25) is 0 Å². The second-order valence-corrected chi connectivity index (χ2v) is 5.69. The zero-order valence-electron chi connectivity index (χ0n) is 10.8. The van der Waals surface area contributed by atoms with Crippen LogP contribution in [0, 0.1) is 5.82 Å². The van der Waals surface area contributed by atoms with Gasteiger partial charge in [-0.1, -0.05) is 17.7 Å². The first kappa shape index (κ1) is 15.3. The van der Waals surface area contributed by atoms with Crippen molar-refractivity contribution < 1.29 is 14.2 Å². The van der Waals surface area contributed by atoms with Crippen LogP contribution in [0.1, 0.15) is 22.5 Å². The van der Waals surface area contributed by atoms with E-state index in [2.05, 4.69) is 0 Å². The fourth-order valence-electron chi connectivity index (χ4n) is 2.02. The van der Waals surface area contributed by atoms with Crippen LogP contribution in [0.25, 0.3) is 0 Å². The summed E-state index contributed by atoms with van der Waals surface area (Å²) in [6.07, 6.45) is -0.808. The molecule has 0 fully saturated rings. The average molecular weight is 316 g/mol. The smallest absolute Gasteiger partial charge is 0.129 e. The Bertz CT molecular complexity index is 590. The second-order valence-electron chi connectivity index (χ2n) is 4.34. The van der Waals surface area contributed by atoms with Crippen molar-refractivity contribution in [3.8, 4) is 5.75 Å². The summed E-state index contributed by atoms with van der Waals surface area (Å²) in [7, 11) is 1.56. The van der Waals surface area contributed by atoms with Gasteiger partial charge in [-0.25, -0.2) is 4.39 Å². The molecule has 1 aromatic carbocycles. The number of rotatable bonds is 5. The van der Waals surface area contributed by atoms with Crippen LogP contribution in [-0.4, -0.2) is 18.8 Å². The van der Waals surface area contributed by atoms with Crippen LogP contribution in [-0.2, 0) is 0 Å². The van der Waals surface area contributed by atoms with Gasteiger partial charge in [0.2, 0.25) is 0 Å². The lowest BCUT2D eigenvalue weighted by molar-refractivity contribution is 0.151. The van der Waals surface area contributed by atoms with Crippen molar-refractivity contribution in [2.45, 2.75) is 12.0 Å². The van der Waals surface area contributed by atoms with Crippen molar-refractivity contribution in [2.75, 3.05) is 13.7 Å². The molecule has 0 spiro atoms. The molecule has 0 bridgehead atoms. The van der Waals surface area contributed by atoms with Crippen LogP contribution in [0.5, 0.6) is 5.75 Å². The number of hydrogen-bond donors (Lipinski definition) is 2. The molecule has 1 heterocycles. The van der Waals surface area contributed by atoms with Gasteiger partial charge in [-0.2, -0.15) is 0 Å². The fraction of sp³-hybridized carbons (Fsp3) is 0.286. The van der Waals surface area contributed by atoms with Crippen LogP contribution in [0.15, 0.2) is 29.6 Å². The molecule has 0 aliphatic rings. The number of aliphatic hydroxyl groups excluding tert-OH is 1. The number of methoxy groups -OCH3 is 1. The largest absolute Gasteiger partial charge is 0.496 e. The number of nitrogens with two attached hydrogens (primary N) is 1. The highest BCUT2D eigenvalue weighted by Gasteiger charge is 2.25. The molecule has 0 aliphatic carbocycles. The SMILES string of the molecule is COc1csc(C(O)C(CN)c2ccc(F)cc2Cl)c1. The molecule has 20 heavy (non-hydrogen) atoms. The van der Waals surface area contributed by atoms with E-state index in [1.165, 1.54) is 23.5 Å². The van der Waals surface area contributed by atoms with Crippen molar-refractivity contribution in [3.63, 3.8) is 0 Å². The summed E-state index contributed by atoms with van der Waals surface area (Å²) in [6, 6.07) is 5.85. The van der Waals surface area contributed by atoms with E-state index in [1.807, 2.05) is 0 Å². The minimum Gasteiger partial charge on any atom is -0.496 e. The molecule has 3 N–H and O–H groups in total. The molecule has 108 valence electrons. The highest BCUT2D eigenvalue weighted by molar-refractivity contribution is 7.10. The first-order valence-corrected chi connectivity index (χ1v) is 7.28. The van der Waals surface area contributed by atoms with Gasteiger partial charge in [0.1, 0.15) is 11.6 Å². The third-order valence-corrected chi connectivity index (χ3v) is 4.43. The summed E-state index contributed by atoms with van der Waals surface area (Å²) < 4.78 is 18.2. The van der Waals surface area contributed by atoms with Gasteiger partial charge in [0.25, 0.3) is 0 Å². The number of hydrogen-bond acceptors (Lipinski definition) is 4. The lowest BCUT2D eigenvalue weighted by Gasteiger charge is -2.22. The van der Waals surface area contributed by atoms with Gasteiger partial charge >= 0.3 is 0 Å². The summed E-state index contributed by atoms with van der Waals surface area (Å²) in [6.45, 7) is 0.201.